The van der Waals surface area contributed by atoms with Gasteiger partial charge in [0.25, 0.3) is 0 Å². The fraction of sp³-hybridized carbons (Fsp3) is 0.357. The molecule has 1 heterocycles. The Morgan fingerprint density at radius 2 is 2.00 bits per heavy atom. The van der Waals surface area contributed by atoms with Crippen molar-refractivity contribution in [2.45, 2.75) is 24.8 Å². The summed E-state index contributed by atoms with van der Waals surface area (Å²) in [5.41, 5.74) is 11.9. The van der Waals surface area contributed by atoms with Crippen LogP contribution in [0, 0.1) is 0 Å². The van der Waals surface area contributed by atoms with Crippen molar-refractivity contribution in [1.29, 1.82) is 0 Å². The first-order valence-corrected chi connectivity index (χ1v) is 6.58. The second kappa shape index (κ2) is 5.92. The number of carboxylic acid groups (broad SMARTS) is 1. The highest BCUT2D eigenvalue weighted by molar-refractivity contribution is 6.01. The van der Waals surface area contributed by atoms with Crippen molar-refractivity contribution in [3.8, 4) is 0 Å². The molecule has 0 bridgehead atoms. The quantitative estimate of drug-likeness (QED) is 0.707. The normalized spacial score (nSPS) is 18.7. The number of carboxylic acids is 1. The summed E-state index contributed by atoms with van der Waals surface area (Å²) in [4.78, 5) is 35.9. The van der Waals surface area contributed by atoms with Gasteiger partial charge in [0.05, 0.1) is 18.4 Å². The number of anilines is 1. The summed E-state index contributed by atoms with van der Waals surface area (Å²) in [6, 6.07) is 5.80. The van der Waals surface area contributed by atoms with Gasteiger partial charge in [0.15, 0.2) is 0 Å². The Kier molecular flexibility index (Phi) is 4.23. The predicted molar refractivity (Wildman–Crippen MR) is 75.6 cm³/mol. The molecule has 112 valence electrons. The number of rotatable bonds is 4. The minimum absolute atomic E-state index is 0.236. The molecule has 1 aromatic carbocycles. The molecule has 2 atom stereocenters. The Morgan fingerprint density at radius 3 is 2.62 bits per heavy atom. The summed E-state index contributed by atoms with van der Waals surface area (Å²) in [5.74, 6) is -2.64. The van der Waals surface area contributed by atoms with E-state index >= 15 is 0 Å². The van der Waals surface area contributed by atoms with Crippen molar-refractivity contribution in [2.75, 3.05) is 11.4 Å². The van der Waals surface area contributed by atoms with Gasteiger partial charge in [-0.3, -0.25) is 14.4 Å². The van der Waals surface area contributed by atoms with Crippen LogP contribution < -0.4 is 16.4 Å². The lowest BCUT2D eigenvalue weighted by Gasteiger charge is -2.34. The van der Waals surface area contributed by atoms with Crippen molar-refractivity contribution in [3.05, 3.63) is 29.8 Å². The zero-order valence-electron chi connectivity index (χ0n) is 11.4. The summed E-state index contributed by atoms with van der Waals surface area (Å²) in [5, 5.41) is 9.25. The summed E-state index contributed by atoms with van der Waals surface area (Å²) in [6.45, 7) is 0.249. The van der Waals surface area contributed by atoms with Crippen LogP contribution in [0.2, 0.25) is 0 Å². The smallest absolute Gasteiger partial charge is 0.311 e. The van der Waals surface area contributed by atoms with Gasteiger partial charge in [0, 0.05) is 12.2 Å². The third-order valence-corrected chi connectivity index (χ3v) is 3.55. The Bertz CT molecular complexity index is 587. The van der Waals surface area contributed by atoms with Gasteiger partial charge in [-0.05, 0) is 18.1 Å². The number of para-hydroxylation sites is 1. The fourth-order valence-corrected chi connectivity index (χ4v) is 2.55. The zero-order chi connectivity index (χ0) is 15.6. The van der Waals surface area contributed by atoms with Gasteiger partial charge in [-0.2, -0.15) is 0 Å². The minimum Gasteiger partial charge on any atom is -0.481 e. The van der Waals surface area contributed by atoms with Gasteiger partial charge >= 0.3 is 5.97 Å². The third kappa shape index (κ3) is 3.03. The van der Waals surface area contributed by atoms with E-state index in [1.807, 2.05) is 0 Å². The SMILES string of the molecule is NC(=O)CC(N)C(=O)N1CCC(C(=O)O)c2ccccc21. The van der Waals surface area contributed by atoms with Gasteiger partial charge in [-0.25, -0.2) is 0 Å². The van der Waals surface area contributed by atoms with Gasteiger partial charge in [-0.15, -0.1) is 0 Å². The molecule has 0 aliphatic carbocycles. The van der Waals surface area contributed by atoms with Crippen LogP contribution in [0.25, 0.3) is 0 Å². The number of carbonyl (C=O) groups is 3. The molecule has 0 fully saturated rings. The van der Waals surface area contributed by atoms with Crippen molar-refractivity contribution in [2.24, 2.45) is 11.5 Å². The Balaban J connectivity index is 2.30. The highest BCUT2D eigenvalue weighted by Gasteiger charge is 2.34. The largest absolute Gasteiger partial charge is 0.481 e. The van der Waals surface area contributed by atoms with E-state index in [0.717, 1.165) is 0 Å². The van der Waals surface area contributed by atoms with Crippen molar-refractivity contribution in [1.82, 2.24) is 0 Å². The number of amides is 2. The number of aliphatic carboxylic acids is 1. The average molecular weight is 291 g/mol. The molecule has 2 unspecified atom stereocenters. The van der Waals surface area contributed by atoms with Crippen LogP contribution in [0.4, 0.5) is 5.69 Å². The molecular weight excluding hydrogens is 274 g/mol. The number of nitrogens with zero attached hydrogens (tertiary/aromatic N) is 1. The first-order valence-electron chi connectivity index (χ1n) is 6.58. The number of hydrogen-bond acceptors (Lipinski definition) is 4. The molecule has 0 saturated heterocycles. The molecule has 0 spiro atoms. The lowest BCUT2D eigenvalue weighted by atomic mass is 9.89. The van der Waals surface area contributed by atoms with Gasteiger partial charge < -0.3 is 21.5 Å². The average Bonchev–Trinajstić information content (AvgIpc) is 2.44. The summed E-state index contributed by atoms with van der Waals surface area (Å²) >= 11 is 0. The molecule has 0 saturated carbocycles. The molecule has 0 radical (unpaired) electrons. The molecule has 7 heteroatoms. The monoisotopic (exact) mass is 291 g/mol. The fourth-order valence-electron chi connectivity index (χ4n) is 2.55. The first kappa shape index (κ1) is 15.0. The van der Waals surface area contributed by atoms with Crippen LogP contribution >= 0.6 is 0 Å². The van der Waals surface area contributed by atoms with Crippen molar-refractivity contribution in [3.63, 3.8) is 0 Å². The topological polar surface area (TPSA) is 127 Å². The van der Waals surface area contributed by atoms with Crippen LogP contribution in [0.15, 0.2) is 24.3 Å². The standard InChI is InChI=1S/C14H17N3O4/c15-10(7-12(16)18)13(19)17-6-5-9(14(20)21)8-3-1-2-4-11(8)17/h1-4,9-10H,5-7,15H2,(H2,16,18)(H,20,21). The van der Waals surface area contributed by atoms with E-state index < -0.39 is 29.7 Å². The zero-order valence-corrected chi connectivity index (χ0v) is 11.4. The molecule has 1 aliphatic rings. The van der Waals surface area contributed by atoms with E-state index in [-0.39, 0.29) is 13.0 Å². The van der Waals surface area contributed by atoms with Crippen LogP contribution in [0.1, 0.15) is 24.3 Å². The number of hydrogen-bond donors (Lipinski definition) is 3. The number of benzene rings is 1. The number of primary amides is 1. The maximum atomic E-state index is 12.3. The van der Waals surface area contributed by atoms with Gasteiger partial charge in [0.2, 0.25) is 11.8 Å². The molecule has 1 aromatic rings. The lowest BCUT2D eigenvalue weighted by Crippen LogP contribution is -2.48. The van der Waals surface area contributed by atoms with Gasteiger partial charge in [0.1, 0.15) is 0 Å². The molecule has 0 aromatic heterocycles. The summed E-state index contributed by atoms with van der Waals surface area (Å²) in [7, 11) is 0. The molecule has 2 amide bonds. The predicted octanol–water partition coefficient (Wildman–Crippen LogP) is -0.206. The third-order valence-electron chi connectivity index (χ3n) is 3.55. The van der Waals surface area contributed by atoms with E-state index in [1.165, 1.54) is 4.90 Å². The van der Waals surface area contributed by atoms with E-state index in [4.69, 9.17) is 11.5 Å². The number of carbonyl (C=O) groups excluding carboxylic acids is 2. The molecule has 21 heavy (non-hydrogen) atoms. The summed E-state index contributed by atoms with van der Waals surface area (Å²) in [6.07, 6.45) is 0.0707. The minimum atomic E-state index is -1.02. The van der Waals surface area contributed by atoms with E-state index in [9.17, 15) is 19.5 Å². The molecule has 1 aliphatic heterocycles. The molecular formula is C14H17N3O4. The first-order chi connectivity index (χ1) is 9.91. The van der Waals surface area contributed by atoms with E-state index in [0.29, 0.717) is 17.7 Å². The molecule has 2 rings (SSSR count). The van der Waals surface area contributed by atoms with Crippen LogP contribution in [-0.4, -0.2) is 35.5 Å². The Morgan fingerprint density at radius 1 is 1.33 bits per heavy atom. The van der Waals surface area contributed by atoms with Crippen LogP contribution in [0.3, 0.4) is 0 Å². The maximum Gasteiger partial charge on any atom is 0.311 e. The molecule has 5 N–H and O–H groups in total. The Labute approximate surface area is 121 Å². The Hall–Kier alpha value is -2.41. The van der Waals surface area contributed by atoms with Gasteiger partial charge in [-0.1, -0.05) is 18.2 Å². The lowest BCUT2D eigenvalue weighted by molar-refractivity contribution is -0.139. The van der Waals surface area contributed by atoms with Crippen molar-refractivity contribution < 1.29 is 19.5 Å². The van der Waals surface area contributed by atoms with Crippen LogP contribution in [0.5, 0.6) is 0 Å². The highest BCUT2D eigenvalue weighted by Crippen LogP contribution is 2.35. The molecule has 7 nitrogen and oxygen atoms in total. The summed E-state index contributed by atoms with van der Waals surface area (Å²) < 4.78 is 0. The van der Waals surface area contributed by atoms with E-state index in [1.54, 1.807) is 24.3 Å². The number of nitrogens with two attached hydrogens (primary N) is 2. The highest BCUT2D eigenvalue weighted by atomic mass is 16.4. The van der Waals surface area contributed by atoms with Crippen LogP contribution in [-0.2, 0) is 14.4 Å². The number of fused-ring (bicyclic) bond motifs is 1. The second-order valence-corrected chi connectivity index (χ2v) is 5.01. The maximum absolute atomic E-state index is 12.3. The van der Waals surface area contributed by atoms with Crippen molar-refractivity contribution >= 4 is 23.5 Å². The van der Waals surface area contributed by atoms with E-state index in [2.05, 4.69) is 0 Å². The second-order valence-electron chi connectivity index (χ2n) is 5.01.